The number of sulfonamides is 1. The Bertz CT molecular complexity index is 1750. The number of fused-ring (bicyclic) bond motifs is 1. The molecule has 0 saturated carbocycles. The summed E-state index contributed by atoms with van der Waals surface area (Å²) >= 11 is 1.55. The van der Waals surface area contributed by atoms with E-state index in [1.54, 1.807) is 53.8 Å². The molecule has 0 saturated heterocycles. The normalized spacial score (nSPS) is 11.1. The predicted octanol–water partition coefficient (Wildman–Crippen LogP) is 5.68. The Hall–Kier alpha value is -4.67. The van der Waals surface area contributed by atoms with Crippen molar-refractivity contribution >= 4 is 49.6 Å². The predicted molar refractivity (Wildman–Crippen MR) is 155 cm³/mol. The van der Waals surface area contributed by atoms with Crippen LogP contribution in [0.4, 0.5) is 5.69 Å². The Morgan fingerprint density at radius 1 is 0.923 bits per heavy atom. The summed E-state index contributed by atoms with van der Waals surface area (Å²) in [6.07, 6.45) is 0. The lowest BCUT2D eigenvalue weighted by Gasteiger charge is -2.14. The maximum Gasteiger partial charge on any atom is 0.270 e. The van der Waals surface area contributed by atoms with Crippen molar-refractivity contribution < 1.29 is 17.9 Å². The minimum absolute atomic E-state index is 0.0864. The molecular weight excluding hydrogens is 532 g/mol. The molecule has 5 rings (SSSR count). The first kappa shape index (κ1) is 26.0. The number of carbonyl (C=O) groups is 1. The van der Waals surface area contributed by atoms with E-state index in [0.717, 1.165) is 10.3 Å². The topological polar surface area (TPSA) is 109 Å². The summed E-state index contributed by atoms with van der Waals surface area (Å²) in [5, 5.41) is 2.69. The van der Waals surface area contributed by atoms with Crippen LogP contribution in [0.2, 0.25) is 0 Å². The van der Waals surface area contributed by atoms with Gasteiger partial charge in [-0.2, -0.15) is 0 Å². The van der Waals surface area contributed by atoms with Crippen molar-refractivity contribution in [3.05, 3.63) is 114 Å². The molecule has 0 spiro atoms. The minimum Gasteiger partial charge on any atom is -0.497 e. The van der Waals surface area contributed by atoms with Crippen LogP contribution in [0, 0.1) is 0 Å². The van der Waals surface area contributed by atoms with Crippen molar-refractivity contribution in [2.24, 2.45) is 0 Å². The lowest BCUT2D eigenvalue weighted by Crippen LogP contribution is -2.36. The number of methoxy groups -OCH3 is 1. The van der Waals surface area contributed by atoms with E-state index in [0.29, 0.717) is 39.5 Å². The Kier molecular flexibility index (Phi) is 7.31. The van der Waals surface area contributed by atoms with Gasteiger partial charge >= 0.3 is 0 Å². The number of rotatable bonds is 9. The summed E-state index contributed by atoms with van der Waals surface area (Å²) in [5.74, 6) is 0.274. The van der Waals surface area contributed by atoms with Crippen molar-refractivity contribution in [3.8, 4) is 16.3 Å². The third-order valence-electron chi connectivity index (χ3n) is 5.92. The third-order valence-corrected chi connectivity index (χ3v) is 8.21. The molecular formula is C29H24N4O4S2. The van der Waals surface area contributed by atoms with E-state index in [-0.39, 0.29) is 10.8 Å². The number of hydrogen-bond acceptors (Lipinski definition) is 7. The first-order valence-electron chi connectivity index (χ1n) is 11.8. The van der Waals surface area contributed by atoms with Gasteiger partial charge in [-0.1, -0.05) is 43.0 Å². The largest absolute Gasteiger partial charge is 0.497 e. The molecule has 39 heavy (non-hydrogen) atoms. The molecule has 196 valence electrons. The zero-order chi connectivity index (χ0) is 27.4. The number of aromatic nitrogens is 1. The monoisotopic (exact) mass is 556 g/mol. The van der Waals surface area contributed by atoms with Crippen LogP contribution in [0.5, 0.6) is 5.75 Å². The van der Waals surface area contributed by atoms with Gasteiger partial charge in [0.2, 0.25) is 0 Å². The maximum atomic E-state index is 13.2. The quantitative estimate of drug-likeness (QED) is 0.202. The van der Waals surface area contributed by atoms with E-state index in [4.69, 9.17) is 9.72 Å². The second kappa shape index (κ2) is 11.0. The Morgan fingerprint density at radius 2 is 1.67 bits per heavy atom. The van der Waals surface area contributed by atoms with Crippen molar-refractivity contribution in [2.45, 2.75) is 4.90 Å². The molecule has 0 bridgehead atoms. The van der Waals surface area contributed by atoms with Gasteiger partial charge in [0.1, 0.15) is 5.75 Å². The van der Waals surface area contributed by atoms with Crippen LogP contribution in [-0.4, -0.2) is 26.4 Å². The van der Waals surface area contributed by atoms with E-state index in [9.17, 15) is 13.2 Å². The first-order chi connectivity index (χ1) is 18.8. The highest BCUT2D eigenvalue weighted by Gasteiger charge is 2.16. The van der Waals surface area contributed by atoms with Crippen molar-refractivity contribution in [3.63, 3.8) is 0 Å². The lowest BCUT2D eigenvalue weighted by molar-refractivity contribution is 0.0944. The molecule has 0 aliphatic heterocycles. The summed E-state index contributed by atoms with van der Waals surface area (Å²) in [7, 11) is -2.26. The van der Waals surface area contributed by atoms with E-state index in [2.05, 4.69) is 22.2 Å². The molecule has 3 N–H and O–H groups in total. The number of para-hydroxylation sites is 1. The summed E-state index contributed by atoms with van der Waals surface area (Å²) in [6, 6.07) is 25.9. The molecule has 0 fully saturated rings. The molecule has 2 aromatic heterocycles. The van der Waals surface area contributed by atoms with Crippen LogP contribution in [0.3, 0.4) is 0 Å². The fourth-order valence-corrected chi connectivity index (χ4v) is 5.64. The second-order valence-electron chi connectivity index (χ2n) is 8.47. The SMILES string of the molecule is C=C(NNC(=O)c1cc(-c2cccs2)nc2ccccc12)c1ccc(S(=O)(=O)Nc2ccc(OC)cc2)cc1. The number of amides is 1. The number of ether oxygens (including phenoxy) is 1. The zero-order valence-corrected chi connectivity index (χ0v) is 22.5. The molecule has 0 unspecified atom stereocenters. The fourth-order valence-electron chi connectivity index (χ4n) is 3.89. The number of anilines is 1. The number of thiophene rings is 1. The molecule has 0 radical (unpaired) electrons. The van der Waals surface area contributed by atoms with Crippen molar-refractivity contribution in [2.75, 3.05) is 11.8 Å². The van der Waals surface area contributed by atoms with Crippen LogP contribution in [0.25, 0.3) is 27.2 Å². The van der Waals surface area contributed by atoms with Gasteiger partial charge in [-0.15, -0.1) is 11.3 Å². The van der Waals surface area contributed by atoms with E-state index < -0.39 is 10.0 Å². The molecule has 8 nitrogen and oxygen atoms in total. The van der Waals surface area contributed by atoms with Crippen LogP contribution in [-0.2, 0) is 10.0 Å². The Balaban J connectivity index is 1.28. The molecule has 1 amide bonds. The summed E-state index contributed by atoms with van der Waals surface area (Å²) < 4.78 is 33.2. The van der Waals surface area contributed by atoms with Crippen LogP contribution >= 0.6 is 11.3 Å². The number of pyridine rings is 1. The number of benzene rings is 3. The van der Waals surface area contributed by atoms with Gasteiger partial charge in [-0.3, -0.25) is 20.4 Å². The van der Waals surface area contributed by atoms with Crippen LogP contribution in [0.1, 0.15) is 15.9 Å². The molecule has 10 heteroatoms. The van der Waals surface area contributed by atoms with Crippen molar-refractivity contribution in [1.29, 1.82) is 0 Å². The second-order valence-corrected chi connectivity index (χ2v) is 11.1. The van der Waals surface area contributed by atoms with Gasteiger partial charge in [0, 0.05) is 11.1 Å². The summed E-state index contributed by atoms with van der Waals surface area (Å²) in [5.41, 5.74) is 8.85. The number of nitrogens with zero attached hydrogens (tertiary/aromatic N) is 1. The summed E-state index contributed by atoms with van der Waals surface area (Å²) in [6.45, 7) is 3.97. The van der Waals surface area contributed by atoms with Crippen LogP contribution < -0.4 is 20.3 Å². The smallest absolute Gasteiger partial charge is 0.270 e. The first-order valence-corrected chi connectivity index (χ1v) is 14.2. The molecule has 0 atom stereocenters. The zero-order valence-electron chi connectivity index (χ0n) is 20.8. The maximum absolute atomic E-state index is 13.2. The van der Waals surface area contributed by atoms with Gasteiger partial charge in [-0.25, -0.2) is 13.4 Å². The molecule has 5 aromatic rings. The average molecular weight is 557 g/mol. The third kappa shape index (κ3) is 5.77. The van der Waals surface area contributed by atoms with Gasteiger partial charge in [0.25, 0.3) is 15.9 Å². The fraction of sp³-hybridized carbons (Fsp3) is 0.0345. The number of carbonyl (C=O) groups excluding carboxylic acids is 1. The molecule has 2 heterocycles. The highest BCUT2D eigenvalue weighted by atomic mass is 32.2. The van der Waals surface area contributed by atoms with E-state index >= 15 is 0 Å². The van der Waals surface area contributed by atoms with Gasteiger partial charge < -0.3 is 4.74 Å². The highest BCUT2D eigenvalue weighted by molar-refractivity contribution is 7.92. The van der Waals surface area contributed by atoms with E-state index in [1.165, 1.54) is 19.2 Å². The number of hydrogen-bond donors (Lipinski definition) is 3. The molecule has 0 aliphatic carbocycles. The number of nitrogens with one attached hydrogen (secondary N) is 3. The average Bonchev–Trinajstić information content (AvgIpc) is 3.51. The van der Waals surface area contributed by atoms with E-state index in [1.807, 2.05) is 41.8 Å². The highest BCUT2D eigenvalue weighted by Crippen LogP contribution is 2.28. The standard InChI is InChI=1S/C29H24N4O4S2/c1-19(20-9-15-23(16-10-20)39(35,36)33-21-11-13-22(37-2)14-12-21)31-32-29(34)25-18-27(28-8-5-17-38-28)30-26-7-4-3-6-24(25)26/h3-18,31,33H,1H2,2H3,(H,32,34). The number of hydrazine groups is 1. The Labute approximate surface area is 230 Å². The lowest BCUT2D eigenvalue weighted by atomic mass is 10.1. The van der Waals surface area contributed by atoms with Gasteiger partial charge in [-0.05, 0) is 65.5 Å². The van der Waals surface area contributed by atoms with Crippen molar-refractivity contribution in [1.82, 2.24) is 15.8 Å². The van der Waals surface area contributed by atoms with Gasteiger partial charge in [0.05, 0.1) is 39.4 Å². The minimum atomic E-state index is -3.80. The molecule has 3 aromatic carbocycles. The summed E-state index contributed by atoms with van der Waals surface area (Å²) in [4.78, 5) is 18.9. The molecule has 0 aliphatic rings. The Morgan fingerprint density at radius 3 is 2.36 bits per heavy atom. The van der Waals surface area contributed by atoms with Crippen LogP contribution in [0.15, 0.2) is 108 Å². The van der Waals surface area contributed by atoms with Gasteiger partial charge in [0.15, 0.2) is 0 Å².